The Kier molecular flexibility index (Phi) is 4.99. The van der Waals surface area contributed by atoms with Crippen LogP contribution in [0.1, 0.15) is 21.3 Å². The molecule has 0 aliphatic carbocycles. The first-order valence-electron chi connectivity index (χ1n) is 8.65. The molecule has 1 amide bonds. The Bertz CT molecular complexity index is 930. The van der Waals surface area contributed by atoms with Gasteiger partial charge in [0, 0.05) is 5.75 Å². The molecule has 0 spiro atoms. The van der Waals surface area contributed by atoms with Crippen molar-refractivity contribution in [3.63, 3.8) is 0 Å². The van der Waals surface area contributed by atoms with Crippen molar-refractivity contribution in [1.82, 2.24) is 4.90 Å². The van der Waals surface area contributed by atoms with Gasteiger partial charge in [-0.05, 0) is 54.2 Å². The normalized spacial score (nSPS) is 21.1. The van der Waals surface area contributed by atoms with Crippen LogP contribution in [-0.2, 0) is 9.53 Å². The van der Waals surface area contributed by atoms with Crippen molar-refractivity contribution in [2.75, 3.05) is 24.9 Å². The Morgan fingerprint density at radius 2 is 1.79 bits per heavy atom. The van der Waals surface area contributed by atoms with Crippen LogP contribution in [0.25, 0.3) is 0 Å². The molecule has 2 aromatic carbocycles. The van der Waals surface area contributed by atoms with Gasteiger partial charge < -0.3 is 14.4 Å². The van der Waals surface area contributed by atoms with Crippen molar-refractivity contribution < 1.29 is 19.1 Å². The quantitative estimate of drug-likeness (QED) is 0.562. The van der Waals surface area contributed by atoms with Gasteiger partial charge in [-0.1, -0.05) is 12.1 Å². The van der Waals surface area contributed by atoms with E-state index in [0.29, 0.717) is 16.4 Å². The van der Waals surface area contributed by atoms with E-state index in [9.17, 15) is 9.59 Å². The van der Waals surface area contributed by atoms with Crippen molar-refractivity contribution >= 4 is 46.7 Å². The van der Waals surface area contributed by atoms with Crippen molar-refractivity contribution in [1.29, 1.82) is 0 Å². The summed E-state index contributed by atoms with van der Waals surface area (Å²) in [6.07, 6.45) is 0. The molecule has 2 heterocycles. The van der Waals surface area contributed by atoms with E-state index >= 15 is 0 Å². The average molecular weight is 415 g/mol. The molecule has 0 aromatic heterocycles. The predicted molar refractivity (Wildman–Crippen MR) is 112 cm³/mol. The van der Waals surface area contributed by atoms with E-state index in [4.69, 9.17) is 21.7 Å². The van der Waals surface area contributed by atoms with Gasteiger partial charge >= 0.3 is 5.97 Å². The molecule has 144 valence electrons. The lowest BCUT2D eigenvalue weighted by atomic mass is 10.1. The number of anilines is 1. The third-order valence-corrected chi connectivity index (χ3v) is 6.58. The number of carbonyl (C=O) groups is 2. The maximum atomic E-state index is 13.0. The zero-order chi connectivity index (χ0) is 19.8. The average Bonchev–Trinajstić information content (AvgIpc) is 3.28. The molecule has 2 saturated heterocycles. The van der Waals surface area contributed by atoms with Gasteiger partial charge in [0.05, 0.1) is 25.5 Å². The number of amides is 1. The molecular weight excluding hydrogens is 396 g/mol. The summed E-state index contributed by atoms with van der Waals surface area (Å²) in [4.78, 5) is 28.2. The van der Waals surface area contributed by atoms with Crippen LogP contribution in [0.3, 0.4) is 0 Å². The molecule has 2 atom stereocenters. The minimum Gasteiger partial charge on any atom is -0.497 e. The van der Waals surface area contributed by atoms with E-state index in [1.54, 1.807) is 35.9 Å². The fourth-order valence-electron chi connectivity index (χ4n) is 3.42. The van der Waals surface area contributed by atoms with Crippen molar-refractivity contribution in [3.05, 3.63) is 59.7 Å². The van der Waals surface area contributed by atoms with Crippen LogP contribution in [0, 0.1) is 0 Å². The molecule has 4 rings (SSSR count). The molecule has 6 nitrogen and oxygen atoms in total. The minimum absolute atomic E-state index is 0.0173. The maximum absolute atomic E-state index is 13.0. The summed E-state index contributed by atoms with van der Waals surface area (Å²) in [5, 5.41) is 0.420. The number of ether oxygens (including phenoxy) is 2. The number of thioether (sulfide) groups is 1. The molecule has 28 heavy (non-hydrogen) atoms. The number of rotatable bonds is 4. The van der Waals surface area contributed by atoms with Gasteiger partial charge in [-0.15, -0.1) is 11.8 Å². The van der Waals surface area contributed by atoms with Gasteiger partial charge in [0.2, 0.25) is 0 Å². The summed E-state index contributed by atoms with van der Waals surface area (Å²) >= 11 is 7.35. The fraction of sp³-hybridized carbons (Fsp3) is 0.250. The lowest BCUT2D eigenvalue weighted by Crippen LogP contribution is -2.33. The first-order valence-corrected chi connectivity index (χ1v) is 10.1. The number of nitrogens with zero attached hydrogens (tertiary/aromatic N) is 2. The summed E-state index contributed by atoms with van der Waals surface area (Å²) in [5.41, 5.74) is 2.22. The highest BCUT2D eigenvalue weighted by Gasteiger charge is 2.50. The number of hydrogen-bond acceptors (Lipinski definition) is 6. The van der Waals surface area contributed by atoms with Crippen LogP contribution in [-0.4, -0.2) is 47.9 Å². The standard InChI is InChI=1S/C20H18N2O4S2/c1-25-15-9-7-14(8-10-15)21-17(23)16-11-28-18(22(16)20(21)27)12-3-5-13(6-4-12)19(24)26-2/h3-10,16,18H,11H2,1-2H3/t16-,18?/m1/s1. The molecule has 2 aromatic rings. The zero-order valence-electron chi connectivity index (χ0n) is 15.3. The number of benzene rings is 2. The molecule has 0 radical (unpaired) electrons. The Hall–Kier alpha value is -2.58. The second kappa shape index (κ2) is 7.44. The molecule has 2 aliphatic heterocycles. The number of fused-ring (bicyclic) bond motifs is 1. The van der Waals surface area contributed by atoms with E-state index < -0.39 is 0 Å². The number of esters is 1. The second-order valence-corrected chi connectivity index (χ2v) is 7.85. The van der Waals surface area contributed by atoms with Gasteiger partial charge in [-0.25, -0.2) is 4.79 Å². The molecule has 0 bridgehead atoms. The van der Waals surface area contributed by atoms with Crippen LogP contribution in [0.4, 0.5) is 5.69 Å². The third kappa shape index (κ3) is 3.02. The van der Waals surface area contributed by atoms with E-state index in [0.717, 1.165) is 17.0 Å². The summed E-state index contributed by atoms with van der Waals surface area (Å²) in [5.74, 6) is 0.994. The lowest BCUT2D eigenvalue weighted by Gasteiger charge is -2.25. The summed E-state index contributed by atoms with van der Waals surface area (Å²) < 4.78 is 9.93. The maximum Gasteiger partial charge on any atom is 0.337 e. The molecule has 2 aliphatic rings. The van der Waals surface area contributed by atoms with Gasteiger partial charge in [0.1, 0.15) is 17.2 Å². The van der Waals surface area contributed by atoms with Crippen LogP contribution < -0.4 is 9.64 Å². The van der Waals surface area contributed by atoms with Crippen LogP contribution in [0.5, 0.6) is 5.75 Å². The summed E-state index contributed by atoms with van der Waals surface area (Å²) in [6.45, 7) is 0. The molecule has 0 saturated carbocycles. The monoisotopic (exact) mass is 414 g/mol. The topological polar surface area (TPSA) is 59.1 Å². The smallest absolute Gasteiger partial charge is 0.337 e. The van der Waals surface area contributed by atoms with E-state index in [1.165, 1.54) is 7.11 Å². The van der Waals surface area contributed by atoms with E-state index in [1.807, 2.05) is 41.3 Å². The predicted octanol–water partition coefficient (Wildman–Crippen LogP) is 3.23. The number of hydrogen-bond donors (Lipinski definition) is 0. The Morgan fingerprint density at radius 1 is 1.11 bits per heavy atom. The number of thiocarbonyl (C=S) groups is 1. The van der Waals surface area contributed by atoms with Crippen molar-refractivity contribution in [2.24, 2.45) is 0 Å². The first kappa shape index (κ1) is 18.8. The molecule has 0 N–H and O–H groups in total. The van der Waals surface area contributed by atoms with Crippen LogP contribution in [0.15, 0.2) is 48.5 Å². The Labute approximate surface area is 172 Å². The SMILES string of the molecule is COC(=O)c1ccc(C2SC[C@@H]3C(=O)N(c4ccc(OC)cc4)C(=S)N23)cc1. The highest BCUT2D eigenvalue weighted by molar-refractivity contribution is 7.99. The Morgan fingerprint density at radius 3 is 2.39 bits per heavy atom. The van der Waals surface area contributed by atoms with Gasteiger partial charge in [-0.2, -0.15) is 0 Å². The lowest BCUT2D eigenvalue weighted by molar-refractivity contribution is -0.119. The molecule has 1 unspecified atom stereocenters. The summed E-state index contributed by atoms with van der Waals surface area (Å²) in [6, 6.07) is 14.2. The molecule has 8 heteroatoms. The van der Waals surface area contributed by atoms with Crippen molar-refractivity contribution in [3.8, 4) is 5.75 Å². The second-order valence-electron chi connectivity index (χ2n) is 6.38. The third-order valence-electron chi connectivity index (χ3n) is 4.87. The largest absolute Gasteiger partial charge is 0.497 e. The van der Waals surface area contributed by atoms with E-state index in [-0.39, 0.29) is 23.3 Å². The number of carbonyl (C=O) groups excluding carboxylic acids is 2. The fourth-order valence-corrected chi connectivity index (χ4v) is 5.34. The molecular formula is C20H18N2O4S2. The van der Waals surface area contributed by atoms with Crippen molar-refractivity contribution in [2.45, 2.75) is 11.4 Å². The van der Waals surface area contributed by atoms with Gasteiger partial charge in [0.25, 0.3) is 5.91 Å². The Balaban J connectivity index is 1.60. The zero-order valence-corrected chi connectivity index (χ0v) is 17.0. The van der Waals surface area contributed by atoms with Crippen LogP contribution >= 0.6 is 24.0 Å². The minimum atomic E-state index is -0.374. The van der Waals surface area contributed by atoms with Crippen LogP contribution in [0.2, 0.25) is 0 Å². The molecule has 2 fully saturated rings. The first-order chi connectivity index (χ1) is 13.5. The number of methoxy groups -OCH3 is 2. The van der Waals surface area contributed by atoms with E-state index in [2.05, 4.69) is 0 Å². The highest BCUT2D eigenvalue weighted by Crippen LogP contribution is 2.46. The van der Waals surface area contributed by atoms with Gasteiger partial charge in [0.15, 0.2) is 5.11 Å². The summed E-state index contributed by atoms with van der Waals surface area (Å²) in [7, 11) is 2.96. The highest BCUT2D eigenvalue weighted by atomic mass is 32.2. The van der Waals surface area contributed by atoms with Gasteiger partial charge in [-0.3, -0.25) is 9.69 Å².